The summed E-state index contributed by atoms with van der Waals surface area (Å²) in [5, 5.41) is 3.45. The lowest BCUT2D eigenvalue weighted by Gasteiger charge is -2.02. The molecule has 1 aliphatic heterocycles. The van der Waals surface area contributed by atoms with Gasteiger partial charge in [0.15, 0.2) is 5.17 Å². The van der Waals surface area contributed by atoms with E-state index >= 15 is 0 Å². The molecule has 0 aromatic heterocycles. The summed E-state index contributed by atoms with van der Waals surface area (Å²) in [5.74, 6) is -0.109. The maximum atomic E-state index is 12.1. The van der Waals surface area contributed by atoms with Gasteiger partial charge in [-0.25, -0.2) is 4.99 Å². The molecule has 3 nitrogen and oxygen atoms in total. The van der Waals surface area contributed by atoms with Crippen LogP contribution in [0.1, 0.15) is 18.1 Å². The van der Waals surface area contributed by atoms with E-state index < -0.39 is 0 Å². The van der Waals surface area contributed by atoms with Gasteiger partial charge in [0, 0.05) is 4.47 Å². The third-order valence-electron chi connectivity index (χ3n) is 3.39. The molecule has 0 bridgehead atoms. The van der Waals surface area contributed by atoms with Crippen molar-refractivity contribution in [3.8, 4) is 0 Å². The van der Waals surface area contributed by atoms with Crippen LogP contribution in [0.4, 0.5) is 5.69 Å². The summed E-state index contributed by atoms with van der Waals surface area (Å²) >= 11 is 4.81. The number of nitrogens with one attached hydrogen (secondary N) is 1. The van der Waals surface area contributed by atoms with E-state index in [0.29, 0.717) is 10.1 Å². The summed E-state index contributed by atoms with van der Waals surface area (Å²) in [6, 6.07) is 15.8. The van der Waals surface area contributed by atoms with Gasteiger partial charge in [0.1, 0.15) is 0 Å². The summed E-state index contributed by atoms with van der Waals surface area (Å²) in [4.78, 5) is 17.4. The molecule has 0 spiro atoms. The lowest BCUT2D eigenvalue weighted by atomic mass is 10.1. The van der Waals surface area contributed by atoms with E-state index in [2.05, 4.69) is 39.2 Å². The molecular formula is C18H15BrN2OS. The summed E-state index contributed by atoms with van der Waals surface area (Å²) in [6.07, 6.45) is 2.78. The first kappa shape index (κ1) is 16.0. The summed E-state index contributed by atoms with van der Waals surface area (Å²) in [5.41, 5.74) is 3.05. The van der Waals surface area contributed by atoms with Gasteiger partial charge < -0.3 is 5.32 Å². The maximum Gasteiger partial charge on any atom is 0.264 e. The van der Waals surface area contributed by atoms with Gasteiger partial charge in [0.25, 0.3) is 5.91 Å². The van der Waals surface area contributed by atoms with E-state index in [1.807, 2.05) is 48.5 Å². The molecule has 0 aliphatic carbocycles. The fourth-order valence-electron chi connectivity index (χ4n) is 2.26. The molecule has 2 aromatic rings. The van der Waals surface area contributed by atoms with Crippen LogP contribution in [0.25, 0.3) is 6.08 Å². The van der Waals surface area contributed by atoms with E-state index in [1.165, 1.54) is 17.3 Å². The number of nitrogens with zero attached hydrogens (tertiary/aromatic N) is 1. The average Bonchev–Trinajstić information content (AvgIpc) is 2.87. The van der Waals surface area contributed by atoms with Crippen LogP contribution in [0.2, 0.25) is 0 Å². The SMILES string of the molecule is CCc1ccccc1N=C1NC(=O)/C(=C/c2cccc(Br)c2)S1. The molecule has 0 atom stereocenters. The molecular weight excluding hydrogens is 372 g/mol. The molecule has 1 saturated heterocycles. The van der Waals surface area contributed by atoms with Crippen LogP contribution in [0.3, 0.4) is 0 Å². The van der Waals surface area contributed by atoms with Crippen molar-refractivity contribution in [1.29, 1.82) is 0 Å². The van der Waals surface area contributed by atoms with Crippen molar-refractivity contribution in [2.45, 2.75) is 13.3 Å². The molecule has 2 aromatic carbocycles. The zero-order valence-corrected chi connectivity index (χ0v) is 14.9. The van der Waals surface area contributed by atoms with Crippen LogP contribution in [0.5, 0.6) is 0 Å². The first-order valence-corrected chi connectivity index (χ1v) is 8.89. The zero-order chi connectivity index (χ0) is 16.2. The zero-order valence-electron chi connectivity index (χ0n) is 12.5. The van der Waals surface area contributed by atoms with E-state index in [1.54, 1.807) is 0 Å². The van der Waals surface area contributed by atoms with E-state index in [9.17, 15) is 4.79 Å². The maximum absolute atomic E-state index is 12.1. The minimum atomic E-state index is -0.109. The average molecular weight is 387 g/mol. The van der Waals surface area contributed by atoms with Gasteiger partial charge in [-0.1, -0.05) is 53.2 Å². The highest BCUT2D eigenvalue weighted by atomic mass is 79.9. The van der Waals surface area contributed by atoms with E-state index in [4.69, 9.17) is 0 Å². The minimum absolute atomic E-state index is 0.109. The number of thioether (sulfide) groups is 1. The van der Waals surface area contributed by atoms with Crippen molar-refractivity contribution >= 4 is 50.5 Å². The van der Waals surface area contributed by atoms with Gasteiger partial charge >= 0.3 is 0 Å². The number of aliphatic imine (C=N–C) groups is 1. The normalized spacial score (nSPS) is 17.7. The molecule has 1 N–H and O–H groups in total. The lowest BCUT2D eigenvalue weighted by Crippen LogP contribution is -2.19. The largest absolute Gasteiger partial charge is 0.300 e. The third kappa shape index (κ3) is 3.92. The van der Waals surface area contributed by atoms with Gasteiger partial charge in [-0.05, 0) is 53.6 Å². The van der Waals surface area contributed by atoms with Gasteiger partial charge in [-0.2, -0.15) is 0 Å². The second-order valence-corrected chi connectivity index (χ2v) is 6.97. The summed E-state index contributed by atoms with van der Waals surface area (Å²) < 4.78 is 0.987. The van der Waals surface area contributed by atoms with Crippen molar-refractivity contribution in [2.24, 2.45) is 4.99 Å². The minimum Gasteiger partial charge on any atom is -0.300 e. The quantitative estimate of drug-likeness (QED) is 0.761. The number of amides is 1. The Balaban J connectivity index is 1.86. The van der Waals surface area contributed by atoms with Crippen molar-refractivity contribution in [2.75, 3.05) is 0 Å². The number of halogens is 1. The molecule has 1 aliphatic rings. The number of rotatable bonds is 3. The number of aryl methyl sites for hydroxylation is 1. The van der Waals surface area contributed by atoms with Gasteiger partial charge in [-0.15, -0.1) is 0 Å². The van der Waals surface area contributed by atoms with Crippen molar-refractivity contribution < 1.29 is 4.79 Å². The number of carbonyl (C=O) groups excluding carboxylic acids is 1. The molecule has 0 saturated carbocycles. The van der Waals surface area contributed by atoms with Gasteiger partial charge in [0.2, 0.25) is 0 Å². The molecule has 3 rings (SSSR count). The fourth-order valence-corrected chi connectivity index (χ4v) is 3.51. The van der Waals surface area contributed by atoms with E-state index in [0.717, 1.165) is 22.1 Å². The molecule has 5 heteroatoms. The van der Waals surface area contributed by atoms with Crippen molar-refractivity contribution in [3.05, 3.63) is 69.0 Å². The molecule has 1 amide bonds. The summed E-state index contributed by atoms with van der Waals surface area (Å²) in [6.45, 7) is 2.10. The number of benzene rings is 2. The standard InChI is InChI=1S/C18H15BrN2OS/c1-2-13-7-3-4-9-15(13)20-18-21-17(22)16(23-18)11-12-6-5-8-14(19)10-12/h3-11H,2H2,1H3,(H,20,21,22)/b16-11-. The molecule has 0 unspecified atom stereocenters. The molecule has 0 radical (unpaired) electrons. The fraction of sp³-hybridized carbons (Fsp3) is 0.111. The Morgan fingerprint density at radius 1 is 1.22 bits per heavy atom. The van der Waals surface area contributed by atoms with Crippen molar-refractivity contribution in [1.82, 2.24) is 5.32 Å². The van der Waals surface area contributed by atoms with Crippen LogP contribution < -0.4 is 5.32 Å². The highest BCUT2D eigenvalue weighted by Crippen LogP contribution is 2.29. The predicted molar refractivity (Wildman–Crippen MR) is 101 cm³/mol. The second-order valence-electron chi connectivity index (χ2n) is 5.02. The Kier molecular flexibility index (Phi) is 4.98. The van der Waals surface area contributed by atoms with Crippen LogP contribution >= 0.6 is 27.7 Å². The molecule has 116 valence electrons. The predicted octanol–water partition coefficient (Wildman–Crippen LogP) is 4.90. The smallest absolute Gasteiger partial charge is 0.264 e. The first-order chi connectivity index (χ1) is 11.2. The number of para-hydroxylation sites is 1. The topological polar surface area (TPSA) is 41.5 Å². The Bertz CT molecular complexity index is 814. The van der Waals surface area contributed by atoms with Gasteiger partial charge in [-0.3, -0.25) is 4.79 Å². The molecule has 1 heterocycles. The number of carbonyl (C=O) groups is 1. The monoisotopic (exact) mass is 386 g/mol. The Morgan fingerprint density at radius 2 is 2.04 bits per heavy atom. The molecule has 23 heavy (non-hydrogen) atoms. The van der Waals surface area contributed by atoms with Crippen LogP contribution in [0.15, 0.2) is 62.9 Å². The van der Waals surface area contributed by atoms with Crippen LogP contribution in [-0.4, -0.2) is 11.1 Å². The van der Waals surface area contributed by atoms with Crippen LogP contribution in [0, 0.1) is 0 Å². The number of hydrogen-bond acceptors (Lipinski definition) is 3. The second kappa shape index (κ2) is 7.15. The van der Waals surface area contributed by atoms with Gasteiger partial charge in [0.05, 0.1) is 10.6 Å². The Hall–Kier alpha value is -1.85. The van der Waals surface area contributed by atoms with Crippen LogP contribution in [-0.2, 0) is 11.2 Å². The number of amidine groups is 1. The van der Waals surface area contributed by atoms with Crippen molar-refractivity contribution in [3.63, 3.8) is 0 Å². The summed E-state index contributed by atoms with van der Waals surface area (Å²) in [7, 11) is 0. The first-order valence-electron chi connectivity index (χ1n) is 7.29. The van der Waals surface area contributed by atoms with E-state index in [-0.39, 0.29) is 5.91 Å². The third-order valence-corrected chi connectivity index (χ3v) is 4.79. The highest BCUT2D eigenvalue weighted by Gasteiger charge is 2.23. The lowest BCUT2D eigenvalue weighted by molar-refractivity contribution is -0.115. The molecule has 1 fully saturated rings. The number of hydrogen-bond donors (Lipinski definition) is 1. The Labute approximate surface area is 148 Å². The Morgan fingerprint density at radius 3 is 2.83 bits per heavy atom. The highest BCUT2D eigenvalue weighted by molar-refractivity contribution is 9.10.